The number of aliphatic hydroxyl groups is 1. The molecule has 10 fully saturated rings. The van der Waals surface area contributed by atoms with Crippen LogP contribution in [0.1, 0.15) is 86.0 Å². The van der Waals surface area contributed by atoms with E-state index in [2.05, 4.69) is 6.92 Å². The van der Waals surface area contributed by atoms with Crippen LogP contribution < -0.4 is 0 Å². The number of fused-ring (bicyclic) bond motifs is 27. The molecule has 0 amide bonds. The number of carboxylic acid groups (broad SMARTS) is 1. The first-order valence-corrected chi connectivity index (χ1v) is 24.3. The molecule has 4 aliphatic carbocycles. The van der Waals surface area contributed by atoms with E-state index in [0.29, 0.717) is 43.9 Å². The van der Waals surface area contributed by atoms with Crippen LogP contribution in [0.3, 0.4) is 0 Å². The van der Waals surface area contributed by atoms with Crippen LogP contribution in [-0.4, -0.2) is 108 Å². The SMILES string of the molecule is CC1=C(CC2=C(CC3=C(CC4C(=O)OC(=O)C4C)C4OC3C3C5CC(C(=O)O)C(C5)C43)C3OC2C2C4CC(C(=O)OCCO)C(O4)C32)C2OC1C1C3CC(C(=O)OC(C)(C)C)C(C3)C21. The highest BCUT2D eigenvalue weighted by Crippen LogP contribution is 2.70. The van der Waals surface area contributed by atoms with Gasteiger partial charge in [-0.25, -0.2) is 0 Å². The smallest absolute Gasteiger partial charge is 0.317 e. The predicted molar refractivity (Wildman–Crippen MR) is 219 cm³/mol. The number of aliphatic hydroxyl groups excluding tert-OH is 1. The van der Waals surface area contributed by atoms with Crippen LogP contribution in [0, 0.1) is 88.8 Å². The van der Waals surface area contributed by atoms with Crippen LogP contribution in [0.2, 0.25) is 0 Å². The number of cyclic esters (lactones) is 2. The molecular formula is C50H60O14. The summed E-state index contributed by atoms with van der Waals surface area (Å²) < 4.78 is 44.5. The summed E-state index contributed by atoms with van der Waals surface area (Å²) in [7, 11) is 0. The van der Waals surface area contributed by atoms with Gasteiger partial charge >= 0.3 is 29.8 Å². The molecule has 9 heterocycles. The van der Waals surface area contributed by atoms with Gasteiger partial charge in [-0.1, -0.05) is 6.92 Å². The quantitative estimate of drug-likeness (QED) is 0.128. The maximum absolute atomic E-state index is 13.6. The van der Waals surface area contributed by atoms with Gasteiger partial charge in [0, 0.05) is 11.8 Å². The number of hydrogen-bond donors (Lipinski definition) is 2. The standard InChI is InChI=1S/C50H60O14/c1-16-20(39-35-23-9-19(32(35)38(16)60-39)11-29(23)49(57)64-50(3,4)5)12-24-27(43-37-36(42(24)62-43)31-15-30(44(37)59-31)47(55)58-7-6-51)14-26-25(13-21-17(2)46(54)63-48(21)56)41-34-22-8-18(10-28(22)45(52)53)33(34)40(26)61-41/h17-19,21-23,28-44,51H,6-15H2,1-5H3,(H,52,53). The topological polar surface area (TPSA) is 190 Å². The van der Waals surface area contributed by atoms with Crippen molar-refractivity contribution in [1.29, 1.82) is 0 Å². The van der Waals surface area contributed by atoms with Crippen LogP contribution in [0.5, 0.6) is 0 Å². The minimum absolute atomic E-state index is 0.000928. The Balaban J connectivity index is 0.877. The number of carboxylic acids is 1. The minimum atomic E-state index is -0.750. The molecular weight excluding hydrogens is 825 g/mol. The fourth-order valence-electron chi connectivity index (χ4n) is 17.4. The van der Waals surface area contributed by atoms with E-state index >= 15 is 0 Å². The van der Waals surface area contributed by atoms with Gasteiger partial charge in [0.1, 0.15) is 12.2 Å². The Morgan fingerprint density at radius 3 is 1.89 bits per heavy atom. The number of rotatable bonds is 11. The Hall–Kier alpha value is -3.43. The second-order valence-electron chi connectivity index (χ2n) is 23.1. The van der Waals surface area contributed by atoms with Gasteiger partial charge < -0.3 is 43.4 Å². The summed E-state index contributed by atoms with van der Waals surface area (Å²) in [6, 6.07) is 0. The largest absolute Gasteiger partial charge is 0.481 e. The lowest BCUT2D eigenvalue weighted by Gasteiger charge is -2.39. The first kappa shape index (κ1) is 40.8. The van der Waals surface area contributed by atoms with Crippen molar-refractivity contribution in [3.63, 3.8) is 0 Å². The summed E-state index contributed by atoms with van der Waals surface area (Å²) in [5.74, 6) is -2.70. The first-order valence-electron chi connectivity index (χ1n) is 24.3. The van der Waals surface area contributed by atoms with E-state index in [0.717, 1.165) is 30.4 Å². The fraction of sp³-hybridized carbons (Fsp3) is 0.780. The zero-order valence-corrected chi connectivity index (χ0v) is 37.1. The van der Waals surface area contributed by atoms with Crippen LogP contribution in [0.4, 0.5) is 0 Å². The summed E-state index contributed by atoms with van der Waals surface area (Å²) >= 11 is 0. The average Bonchev–Trinajstić information content (AvgIpc) is 4.07. The lowest BCUT2D eigenvalue weighted by molar-refractivity contribution is -0.163. The van der Waals surface area contributed by atoms with E-state index in [-0.39, 0.29) is 127 Å². The van der Waals surface area contributed by atoms with Crippen LogP contribution in [0.25, 0.3) is 0 Å². The Labute approximate surface area is 372 Å². The van der Waals surface area contributed by atoms with Crippen molar-refractivity contribution < 1.29 is 67.3 Å². The van der Waals surface area contributed by atoms with Crippen molar-refractivity contribution in [3.8, 4) is 0 Å². The van der Waals surface area contributed by atoms with Crippen molar-refractivity contribution in [2.24, 2.45) is 88.8 Å². The van der Waals surface area contributed by atoms with E-state index in [4.69, 9.17) is 33.2 Å². The van der Waals surface area contributed by atoms with Crippen molar-refractivity contribution in [2.45, 2.75) is 140 Å². The van der Waals surface area contributed by atoms with E-state index < -0.39 is 47.2 Å². The van der Waals surface area contributed by atoms with Gasteiger partial charge in [0.05, 0.1) is 85.0 Å². The van der Waals surface area contributed by atoms with Crippen LogP contribution >= 0.6 is 0 Å². The molecule has 0 aromatic rings. The summed E-state index contributed by atoms with van der Waals surface area (Å²) in [6.45, 7) is 9.47. The highest BCUT2D eigenvalue weighted by atomic mass is 16.6. The molecule has 0 radical (unpaired) electrons. The molecule has 0 aromatic heterocycles. The van der Waals surface area contributed by atoms with Crippen molar-refractivity contribution in [1.82, 2.24) is 0 Å². The van der Waals surface area contributed by atoms with E-state index in [9.17, 15) is 34.2 Å². The molecule has 14 heteroatoms. The predicted octanol–water partition coefficient (Wildman–Crippen LogP) is 4.50. The summed E-state index contributed by atoms with van der Waals surface area (Å²) in [5, 5.41) is 19.7. The monoisotopic (exact) mass is 884 g/mol. The highest BCUT2D eigenvalue weighted by molar-refractivity contribution is 5.96. The summed E-state index contributed by atoms with van der Waals surface area (Å²) in [4.78, 5) is 65.5. The van der Waals surface area contributed by atoms with E-state index in [1.165, 1.54) is 22.3 Å². The van der Waals surface area contributed by atoms with Crippen molar-refractivity contribution in [3.05, 3.63) is 33.4 Å². The average molecular weight is 885 g/mol. The van der Waals surface area contributed by atoms with Gasteiger partial charge in [-0.2, -0.15) is 0 Å². The normalized spacial score (nSPS) is 50.2. The molecule has 0 spiro atoms. The molecule has 6 saturated heterocycles. The second-order valence-corrected chi connectivity index (χ2v) is 23.1. The number of carbonyl (C=O) groups excluding carboxylic acids is 4. The number of ether oxygens (including phenoxy) is 7. The number of hydrogen-bond acceptors (Lipinski definition) is 13. The van der Waals surface area contributed by atoms with E-state index in [1.54, 1.807) is 6.92 Å². The van der Waals surface area contributed by atoms with Gasteiger partial charge in [0.25, 0.3) is 0 Å². The van der Waals surface area contributed by atoms with E-state index in [1.807, 2.05) is 20.8 Å². The maximum atomic E-state index is 13.6. The molecule has 9 aliphatic heterocycles. The second kappa shape index (κ2) is 13.8. The van der Waals surface area contributed by atoms with Gasteiger partial charge in [-0.15, -0.1) is 0 Å². The van der Waals surface area contributed by atoms with Gasteiger partial charge in [0.2, 0.25) is 0 Å². The van der Waals surface area contributed by atoms with Gasteiger partial charge in [0.15, 0.2) is 0 Å². The molecule has 14 nitrogen and oxygen atoms in total. The third kappa shape index (κ3) is 5.40. The first-order chi connectivity index (χ1) is 30.6. The zero-order chi connectivity index (χ0) is 44.2. The lowest BCUT2D eigenvalue weighted by Crippen LogP contribution is -2.44. The number of esters is 4. The van der Waals surface area contributed by atoms with Crippen molar-refractivity contribution in [2.75, 3.05) is 13.2 Å². The molecule has 344 valence electrons. The van der Waals surface area contributed by atoms with Gasteiger partial charge in [-0.05, 0) is 160 Å². The Kier molecular flexibility index (Phi) is 8.82. The molecule has 12 bridgehead atoms. The summed E-state index contributed by atoms with van der Waals surface area (Å²) in [6.07, 6.45) is 3.76. The Bertz CT molecular complexity index is 2250. The molecule has 23 unspecified atom stereocenters. The molecule has 13 aliphatic rings. The van der Waals surface area contributed by atoms with Gasteiger partial charge in [-0.3, -0.25) is 24.0 Å². The Morgan fingerprint density at radius 2 is 1.23 bits per heavy atom. The molecule has 64 heavy (non-hydrogen) atoms. The highest BCUT2D eigenvalue weighted by Gasteiger charge is 2.72. The molecule has 0 aromatic carbocycles. The van der Waals surface area contributed by atoms with Crippen molar-refractivity contribution >= 4 is 29.8 Å². The molecule has 2 N–H and O–H groups in total. The number of carbonyl (C=O) groups is 5. The third-order valence-electron chi connectivity index (χ3n) is 19.5. The fourth-order valence-corrected chi connectivity index (χ4v) is 17.4. The third-order valence-corrected chi connectivity index (χ3v) is 19.5. The lowest BCUT2D eigenvalue weighted by atomic mass is 9.61. The molecule has 13 rings (SSSR count). The number of aliphatic carboxylic acids is 1. The van der Waals surface area contributed by atoms with Crippen LogP contribution in [0.15, 0.2) is 33.4 Å². The minimum Gasteiger partial charge on any atom is -0.481 e. The summed E-state index contributed by atoms with van der Waals surface area (Å²) in [5.41, 5.74) is 6.61. The maximum Gasteiger partial charge on any atom is 0.317 e. The zero-order valence-electron chi connectivity index (χ0n) is 37.1. The van der Waals surface area contributed by atoms with Crippen LogP contribution in [-0.2, 0) is 57.1 Å². The molecule has 23 atom stereocenters. The molecule has 4 saturated carbocycles. The Morgan fingerprint density at radius 1 is 0.656 bits per heavy atom.